The molecule has 0 spiro atoms. The maximum Gasteiger partial charge on any atom is 0.237 e. The Morgan fingerprint density at radius 1 is 1.26 bits per heavy atom. The molecule has 0 aromatic heterocycles. The second-order valence-electron chi connectivity index (χ2n) is 5.59. The standard InChI is InChI=1S/C14H20Br2N2O/c1-9(13(19)18-14(2,3)4)17-8-10-5-6-11(15)12(16)7-10/h5-7,9,17H,8H2,1-4H3,(H,18,19). The molecule has 0 aliphatic heterocycles. The second-order valence-corrected chi connectivity index (χ2v) is 7.30. The van der Waals surface area contributed by atoms with Crippen LogP contribution in [0.3, 0.4) is 0 Å². The minimum absolute atomic E-state index is 0.0173. The first-order valence-corrected chi connectivity index (χ1v) is 7.77. The Labute approximate surface area is 131 Å². The molecule has 1 aromatic rings. The lowest BCUT2D eigenvalue weighted by atomic mass is 10.1. The summed E-state index contributed by atoms with van der Waals surface area (Å²) < 4.78 is 2.04. The van der Waals surface area contributed by atoms with Crippen molar-refractivity contribution in [3.05, 3.63) is 32.7 Å². The van der Waals surface area contributed by atoms with Gasteiger partial charge in [-0.05, 0) is 77.3 Å². The fraction of sp³-hybridized carbons (Fsp3) is 0.500. The van der Waals surface area contributed by atoms with E-state index in [0.717, 1.165) is 14.5 Å². The Bertz CT molecular complexity index is 455. The normalized spacial score (nSPS) is 13.2. The molecule has 19 heavy (non-hydrogen) atoms. The number of rotatable bonds is 4. The molecule has 1 unspecified atom stereocenters. The Morgan fingerprint density at radius 3 is 2.42 bits per heavy atom. The van der Waals surface area contributed by atoms with E-state index < -0.39 is 0 Å². The molecular weight excluding hydrogens is 372 g/mol. The maximum atomic E-state index is 11.9. The highest BCUT2D eigenvalue weighted by Crippen LogP contribution is 2.23. The van der Waals surface area contributed by atoms with Gasteiger partial charge in [0.2, 0.25) is 5.91 Å². The number of benzene rings is 1. The molecule has 0 saturated heterocycles. The van der Waals surface area contributed by atoms with Gasteiger partial charge in [0.1, 0.15) is 0 Å². The number of carbonyl (C=O) groups excluding carboxylic acids is 1. The molecule has 0 aliphatic rings. The molecule has 2 N–H and O–H groups in total. The zero-order chi connectivity index (χ0) is 14.6. The van der Waals surface area contributed by atoms with Gasteiger partial charge in [0.15, 0.2) is 0 Å². The molecule has 1 rings (SSSR count). The molecule has 1 amide bonds. The molecule has 3 nitrogen and oxygen atoms in total. The van der Waals surface area contributed by atoms with E-state index in [-0.39, 0.29) is 17.5 Å². The van der Waals surface area contributed by atoms with Gasteiger partial charge < -0.3 is 10.6 Å². The largest absolute Gasteiger partial charge is 0.350 e. The van der Waals surface area contributed by atoms with E-state index in [9.17, 15) is 4.79 Å². The molecule has 0 heterocycles. The first kappa shape index (κ1) is 16.7. The molecule has 0 fully saturated rings. The fourth-order valence-corrected chi connectivity index (χ4v) is 2.16. The van der Waals surface area contributed by atoms with Gasteiger partial charge in [-0.3, -0.25) is 4.79 Å². The van der Waals surface area contributed by atoms with Gasteiger partial charge in [-0.25, -0.2) is 0 Å². The van der Waals surface area contributed by atoms with Gasteiger partial charge in [-0.15, -0.1) is 0 Å². The lowest BCUT2D eigenvalue weighted by Crippen LogP contribution is -2.49. The number of carbonyl (C=O) groups is 1. The lowest BCUT2D eigenvalue weighted by Gasteiger charge is -2.23. The average molecular weight is 392 g/mol. The summed E-state index contributed by atoms with van der Waals surface area (Å²) in [5.74, 6) is 0.0173. The third kappa shape index (κ3) is 6.06. The van der Waals surface area contributed by atoms with Crippen molar-refractivity contribution < 1.29 is 4.79 Å². The van der Waals surface area contributed by atoms with E-state index in [1.54, 1.807) is 0 Å². The van der Waals surface area contributed by atoms with Crippen LogP contribution in [-0.4, -0.2) is 17.5 Å². The quantitative estimate of drug-likeness (QED) is 0.823. The van der Waals surface area contributed by atoms with Crippen molar-refractivity contribution in [3.63, 3.8) is 0 Å². The van der Waals surface area contributed by atoms with Crippen LogP contribution >= 0.6 is 31.9 Å². The minimum Gasteiger partial charge on any atom is -0.350 e. The Balaban J connectivity index is 2.52. The predicted molar refractivity (Wildman–Crippen MR) is 86.0 cm³/mol. The number of amides is 1. The van der Waals surface area contributed by atoms with Crippen LogP contribution in [0, 0.1) is 0 Å². The van der Waals surface area contributed by atoms with Crippen LogP contribution in [0.1, 0.15) is 33.3 Å². The zero-order valence-electron chi connectivity index (χ0n) is 11.7. The summed E-state index contributed by atoms with van der Waals surface area (Å²) >= 11 is 6.90. The first-order chi connectivity index (χ1) is 8.69. The van der Waals surface area contributed by atoms with Gasteiger partial charge in [0.25, 0.3) is 0 Å². The molecule has 0 bridgehead atoms. The Kier molecular flexibility index (Phi) is 6.02. The highest BCUT2D eigenvalue weighted by Gasteiger charge is 2.18. The van der Waals surface area contributed by atoms with Gasteiger partial charge in [0.05, 0.1) is 6.04 Å². The predicted octanol–water partition coefficient (Wildman–Crippen LogP) is 3.60. The second kappa shape index (κ2) is 6.86. The highest BCUT2D eigenvalue weighted by atomic mass is 79.9. The summed E-state index contributed by atoms with van der Waals surface area (Å²) in [5.41, 5.74) is 0.929. The van der Waals surface area contributed by atoms with Crippen molar-refractivity contribution in [2.45, 2.75) is 45.8 Å². The number of nitrogens with one attached hydrogen (secondary N) is 2. The van der Waals surface area contributed by atoms with E-state index in [4.69, 9.17) is 0 Å². The van der Waals surface area contributed by atoms with E-state index in [2.05, 4.69) is 42.5 Å². The monoisotopic (exact) mass is 390 g/mol. The summed E-state index contributed by atoms with van der Waals surface area (Å²) in [7, 11) is 0. The molecule has 106 valence electrons. The summed E-state index contributed by atoms with van der Waals surface area (Å²) in [6, 6.07) is 5.82. The van der Waals surface area contributed by atoms with Crippen molar-refractivity contribution in [2.75, 3.05) is 0 Å². The Morgan fingerprint density at radius 2 is 1.89 bits per heavy atom. The van der Waals surface area contributed by atoms with Gasteiger partial charge >= 0.3 is 0 Å². The third-order valence-electron chi connectivity index (χ3n) is 2.49. The van der Waals surface area contributed by atoms with Crippen LogP contribution in [-0.2, 0) is 11.3 Å². The van der Waals surface area contributed by atoms with Gasteiger partial charge in [-0.2, -0.15) is 0 Å². The first-order valence-electron chi connectivity index (χ1n) is 6.18. The molecule has 0 radical (unpaired) electrons. The number of hydrogen-bond donors (Lipinski definition) is 2. The lowest BCUT2D eigenvalue weighted by molar-refractivity contribution is -0.124. The molecule has 5 heteroatoms. The van der Waals surface area contributed by atoms with Crippen molar-refractivity contribution >= 4 is 37.8 Å². The molecule has 0 aliphatic carbocycles. The van der Waals surface area contributed by atoms with Crippen LogP contribution in [0.2, 0.25) is 0 Å². The maximum absolute atomic E-state index is 11.9. The molecule has 1 aromatic carbocycles. The SMILES string of the molecule is CC(NCc1ccc(Br)c(Br)c1)C(=O)NC(C)(C)C. The summed E-state index contributed by atoms with van der Waals surface area (Å²) in [4.78, 5) is 11.9. The highest BCUT2D eigenvalue weighted by molar-refractivity contribution is 9.13. The molecule has 0 saturated carbocycles. The van der Waals surface area contributed by atoms with E-state index in [1.807, 2.05) is 45.9 Å². The van der Waals surface area contributed by atoms with Crippen LogP contribution < -0.4 is 10.6 Å². The van der Waals surface area contributed by atoms with Crippen molar-refractivity contribution in [1.29, 1.82) is 0 Å². The number of hydrogen-bond acceptors (Lipinski definition) is 2. The van der Waals surface area contributed by atoms with Crippen molar-refractivity contribution in [1.82, 2.24) is 10.6 Å². The summed E-state index contributed by atoms with van der Waals surface area (Å²) in [6.45, 7) is 8.45. The van der Waals surface area contributed by atoms with E-state index in [1.165, 1.54) is 0 Å². The van der Waals surface area contributed by atoms with Crippen LogP contribution in [0.15, 0.2) is 27.1 Å². The van der Waals surface area contributed by atoms with Gasteiger partial charge in [-0.1, -0.05) is 6.07 Å². The van der Waals surface area contributed by atoms with Crippen LogP contribution in [0.5, 0.6) is 0 Å². The molecule has 1 atom stereocenters. The van der Waals surface area contributed by atoms with Crippen LogP contribution in [0.4, 0.5) is 0 Å². The topological polar surface area (TPSA) is 41.1 Å². The summed E-state index contributed by atoms with van der Waals surface area (Å²) in [6.07, 6.45) is 0. The van der Waals surface area contributed by atoms with E-state index >= 15 is 0 Å². The van der Waals surface area contributed by atoms with Crippen LogP contribution in [0.25, 0.3) is 0 Å². The fourth-order valence-electron chi connectivity index (χ4n) is 1.49. The Hall–Kier alpha value is -0.390. The average Bonchev–Trinajstić information content (AvgIpc) is 2.28. The third-order valence-corrected chi connectivity index (χ3v) is 4.37. The zero-order valence-corrected chi connectivity index (χ0v) is 14.9. The van der Waals surface area contributed by atoms with Crippen molar-refractivity contribution in [2.24, 2.45) is 0 Å². The smallest absolute Gasteiger partial charge is 0.237 e. The number of halogens is 2. The van der Waals surface area contributed by atoms with Gasteiger partial charge in [0, 0.05) is 21.0 Å². The summed E-state index contributed by atoms with van der Waals surface area (Å²) in [5, 5.41) is 6.18. The van der Waals surface area contributed by atoms with Crippen molar-refractivity contribution in [3.8, 4) is 0 Å². The minimum atomic E-state index is -0.221. The van der Waals surface area contributed by atoms with E-state index in [0.29, 0.717) is 6.54 Å². The molecular formula is C14H20Br2N2O.